The monoisotopic (exact) mass is 454 g/mol. The summed E-state index contributed by atoms with van der Waals surface area (Å²) >= 11 is 5.17. The van der Waals surface area contributed by atoms with Gasteiger partial charge in [-0.05, 0) is 36.1 Å². The number of rotatable bonds is 7. The van der Waals surface area contributed by atoms with E-state index in [4.69, 9.17) is 18.0 Å². The third kappa shape index (κ3) is 4.56. The predicted octanol–water partition coefficient (Wildman–Crippen LogP) is 3.12. The summed E-state index contributed by atoms with van der Waals surface area (Å²) in [5, 5.41) is 3.90. The Kier molecular flexibility index (Phi) is 6.50. The van der Waals surface area contributed by atoms with E-state index >= 15 is 0 Å². The van der Waals surface area contributed by atoms with E-state index in [1.165, 1.54) is 0 Å². The van der Waals surface area contributed by atoms with Gasteiger partial charge >= 0.3 is 0 Å². The van der Waals surface area contributed by atoms with Crippen molar-refractivity contribution in [1.29, 1.82) is 0 Å². The lowest BCUT2D eigenvalue weighted by Crippen LogP contribution is -2.35. The zero-order valence-electron chi connectivity index (χ0n) is 17.4. The molecule has 4 rings (SSSR count). The highest BCUT2D eigenvalue weighted by Gasteiger charge is 2.24. The van der Waals surface area contributed by atoms with E-state index in [9.17, 15) is 9.00 Å². The van der Waals surface area contributed by atoms with Gasteiger partial charge in [-0.25, -0.2) is 8.51 Å². The van der Waals surface area contributed by atoms with Crippen LogP contribution in [0.4, 0.5) is 0 Å². The van der Waals surface area contributed by atoms with Gasteiger partial charge in [0.2, 0.25) is 6.41 Å². The number of piperidine rings is 1. The molecule has 0 aliphatic carbocycles. The topological polar surface area (TPSA) is 80.4 Å². The van der Waals surface area contributed by atoms with Crippen LogP contribution in [0.1, 0.15) is 30.0 Å². The van der Waals surface area contributed by atoms with Crippen LogP contribution in [0, 0.1) is 0 Å². The molecule has 1 aliphatic heterocycles. The van der Waals surface area contributed by atoms with E-state index in [0.29, 0.717) is 17.6 Å². The van der Waals surface area contributed by atoms with Gasteiger partial charge in [-0.2, -0.15) is 0 Å². The van der Waals surface area contributed by atoms with Crippen molar-refractivity contribution in [3.05, 3.63) is 59.8 Å². The van der Waals surface area contributed by atoms with E-state index in [2.05, 4.69) is 34.3 Å². The van der Waals surface area contributed by atoms with Crippen molar-refractivity contribution in [2.75, 3.05) is 19.3 Å². The number of benzene rings is 2. The number of hydrogen-bond acceptors (Lipinski definition) is 3. The van der Waals surface area contributed by atoms with E-state index < -0.39 is 11.0 Å². The van der Waals surface area contributed by atoms with Gasteiger partial charge in [0.1, 0.15) is 4.99 Å². The molecule has 31 heavy (non-hydrogen) atoms. The van der Waals surface area contributed by atoms with Crippen LogP contribution in [-0.4, -0.2) is 43.8 Å². The first-order valence-corrected chi connectivity index (χ1v) is 12.2. The van der Waals surface area contributed by atoms with Crippen molar-refractivity contribution in [2.45, 2.75) is 25.4 Å². The number of nitrogens with one attached hydrogen (secondary N) is 1. The molecule has 1 amide bonds. The molecule has 6 nitrogen and oxygen atoms in total. The smallest absolute Gasteiger partial charge is 0.207 e. The molecule has 1 aromatic heterocycles. The molecule has 1 aliphatic rings. The van der Waals surface area contributed by atoms with Crippen LogP contribution in [0.5, 0.6) is 0 Å². The number of hydrogen-bond donors (Lipinski definition) is 2. The van der Waals surface area contributed by atoms with E-state index in [-0.39, 0.29) is 0 Å². The number of amides is 1. The fourth-order valence-corrected chi connectivity index (χ4v) is 5.17. The number of aromatic nitrogens is 1. The zero-order valence-corrected chi connectivity index (χ0v) is 19.0. The molecule has 162 valence electrons. The van der Waals surface area contributed by atoms with Gasteiger partial charge < -0.3 is 15.6 Å². The van der Waals surface area contributed by atoms with Crippen molar-refractivity contribution >= 4 is 45.5 Å². The summed E-state index contributed by atoms with van der Waals surface area (Å²) in [6, 6.07) is 14.7. The fraction of sp³-hybridized carbons (Fsp3) is 0.304. The first-order valence-electron chi connectivity index (χ1n) is 10.3. The third-order valence-electron chi connectivity index (χ3n) is 5.93. The molecular weight excluding hydrogens is 428 g/mol. The van der Waals surface area contributed by atoms with Gasteiger partial charge in [0.05, 0.1) is 11.0 Å². The summed E-state index contributed by atoms with van der Waals surface area (Å²) in [5.41, 5.74) is 11.1. The quantitative estimate of drug-likeness (QED) is 0.425. The Balaban J connectivity index is 1.79. The lowest BCUT2D eigenvalue weighted by molar-refractivity contribution is -0.109. The summed E-state index contributed by atoms with van der Waals surface area (Å²) in [5.74, 6) is 0. The summed E-state index contributed by atoms with van der Waals surface area (Å²) in [6.45, 7) is 2.11. The lowest BCUT2D eigenvalue weighted by atomic mass is 10.0. The normalized spacial score (nSPS) is 16.3. The predicted molar refractivity (Wildman–Crippen MR) is 130 cm³/mol. The van der Waals surface area contributed by atoms with Gasteiger partial charge in [0.25, 0.3) is 0 Å². The average Bonchev–Trinajstić information content (AvgIpc) is 3.16. The van der Waals surface area contributed by atoms with Crippen LogP contribution < -0.4 is 11.1 Å². The minimum atomic E-state index is -0.931. The minimum absolute atomic E-state index is 0.323. The Morgan fingerprint density at radius 3 is 2.71 bits per heavy atom. The molecular formula is C23H26N4O2S2. The Morgan fingerprint density at radius 2 is 2.03 bits per heavy atom. The van der Waals surface area contributed by atoms with Crippen LogP contribution >= 0.6 is 12.2 Å². The number of carbonyl (C=O) groups excluding carboxylic acids is 1. The Bertz CT molecular complexity index is 1150. The van der Waals surface area contributed by atoms with E-state index in [1.807, 2.05) is 28.6 Å². The standard InChI is InChI=1S/C23H26N4O2S2/c1-31(29)26-9-7-19(8-10-26)27-14-21(17-3-2-4-18(12-17)23(24)30)20-6-5-16(11-22(20)27)13-25-15-28/h2-6,11-12,14-15,19H,7-10,13H2,1H3,(H2,24,30)(H,25,28). The summed E-state index contributed by atoms with van der Waals surface area (Å²) in [6.07, 6.45) is 6.55. The molecule has 1 unspecified atom stereocenters. The molecule has 8 heteroatoms. The average molecular weight is 455 g/mol. The largest absolute Gasteiger partial charge is 0.389 e. The lowest BCUT2D eigenvalue weighted by Gasteiger charge is -2.31. The van der Waals surface area contributed by atoms with Crippen molar-refractivity contribution < 1.29 is 9.00 Å². The Labute approximate surface area is 190 Å². The highest BCUT2D eigenvalue weighted by molar-refractivity contribution is 7.81. The van der Waals surface area contributed by atoms with E-state index in [0.717, 1.165) is 65.5 Å². The van der Waals surface area contributed by atoms with Crippen LogP contribution in [0.25, 0.3) is 22.0 Å². The molecule has 0 saturated carbocycles. The molecule has 0 bridgehead atoms. The number of carbonyl (C=O) groups is 1. The molecule has 2 aromatic carbocycles. The Hall–Kier alpha value is -2.55. The van der Waals surface area contributed by atoms with Gasteiger partial charge in [-0.15, -0.1) is 0 Å². The maximum atomic E-state index is 11.8. The van der Waals surface area contributed by atoms with Crippen LogP contribution in [0.15, 0.2) is 48.7 Å². The van der Waals surface area contributed by atoms with Gasteiger partial charge in [0.15, 0.2) is 0 Å². The minimum Gasteiger partial charge on any atom is -0.389 e. The second kappa shape index (κ2) is 9.30. The maximum Gasteiger partial charge on any atom is 0.207 e. The van der Waals surface area contributed by atoms with Gasteiger partial charge in [0, 0.05) is 60.2 Å². The molecule has 0 spiro atoms. The molecule has 3 aromatic rings. The number of nitrogens with zero attached hydrogens (tertiary/aromatic N) is 2. The zero-order chi connectivity index (χ0) is 22.0. The molecule has 0 radical (unpaired) electrons. The molecule has 1 atom stereocenters. The first-order chi connectivity index (χ1) is 15.0. The van der Waals surface area contributed by atoms with Crippen LogP contribution in [0.3, 0.4) is 0 Å². The molecule has 2 heterocycles. The second-order valence-corrected chi connectivity index (χ2v) is 9.63. The summed E-state index contributed by atoms with van der Waals surface area (Å²) in [7, 11) is -0.931. The summed E-state index contributed by atoms with van der Waals surface area (Å²) in [4.78, 5) is 11.1. The third-order valence-corrected chi connectivity index (χ3v) is 7.25. The van der Waals surface area contributed by atoms with Gasteiger partial charge in [-0.3, -0.25) is 4.79 Å². The van der Waals surface area contributed by atoms with Crippen molar-refractivity contribution in [1.82, 2.24) is 14.2 Å². The Morgan fingerprint density at radius 1 is 1.26 bits per heavy atom. The fourth-order valence-electron chi connectivity index (χ4n) is 4.32. The van der Waals surface area contributed by atoms with Crippen molar-refractivity contribution in [2.24, 2.45) is 5.73 Å². The number of nitrogens with two attached hydrogens (primary N) is 1. The van der Waals surface area contributed by atoms with Gasteiger partial charge in [-0.1, -0.05) is 42.5 Å². The van der Waals surface area contributed by atoms with Crippen LogP contribution in [0.2, 0.25) is 0 Å². The second-order valence-electron chi connectivity index (χ2n) is 7.83. The highest BCUT2D eigenvalue weighted by Crippen LogP contribution is 2.36. The first kappa shape index (κ1) is 21.7. The molecule has 1 fully saturated rings. The van der Waals surface area contributed by atoms with Crippen LogP contribution in [-0.2, 0) is 22.3 Å². The number of fused-ring (bicyclic) bond motifs is 1. The summed E-state index contributed by atoms with van der Waals surface area (Å²) < 4.78 is 16.2. The molecule has 1 saturated heterocycles. The highest BCUT2D eigenvalue weighted by atomic mass is 32.2. The van der Waals surface area contributed by atoms with E-state index in [1.54, 1.807) is 6.26 Å². The van der Waals surface area contributed by atoms with Crippen molar-refractivity contribution in [3.8, 4) is 11.1 Å². The number of thiocarbonyl (C=S) groups is 1. The maximum absolute atomic E-state index is 11.8. The molecule has 3 N–H and O–H groups in total. The SMILES string of the molecule is CS(=O)N1CCC(n2cc(-c3cccc(C(N)=S)c3)c3ccc(CNC=O)cc32)CC1. The van der Waals surface area contributed by atoms with Crippen molar-refractivity contribution in [3.63, 3.8) is 0 Å².